The normalized spacial score (nSPS) is 21.1. The van der Waals surface area contributed by atoms with Crippen LogP contribution in [0.4, 0.5) is 0 Å². The van der Waals surface area contributed by atoms with Crippen LogP contribution in [0.2, 0.25) is 0 Å². The van der Waals surface area contributed by atoms with Gasteiger partial charge in [-0.05, 0) is 12.5 Å². The van der Waals surface area contributed by atoms with Gasteiger partial charge < -0.3 is 19.3 Å². The Hall–Kier alpha value is -1.59. The minimum Gasteiger partial charge on any atom is -0.493 e. The van der Waals surface area contributed by atoms with Crippen LogP contribution in [0.3, 0.4) is 0 Å². The molecule has 0 saturated carbocycles. The highest BCUT2D eigenvalue weighted by Crippen LogP contribution is 2.41. The molecule has 2 rings (SSSR count). The Balaban J connectivity index is 2.13. The molecule has 1 unspecified atom stereocenters. The van der Waals surface area contributed by atoms with Crippen molar-refractivity contribution in [3.8, 4) is 5.75 Å². The van der Waals surface area contributed by atoms with Gasteiger partial charge in [0.15, 0.2) is 0 Å². The zero-order chi connectivity index (χ0) is 14.4. The van der Waals surface area contributed by atoms with E-state index in [4.69, 9.17) is 14.2 Å². The molecule has 1 N–H and O–H groups in total. The van der Waals surface area contributed by atoms with Crippen LogP contribution in [-0.2, 0) is 19.7 Å². The first-order valence-electron chi connectivity index (χ1n) is 6.73. The molecule has 1 heterocycles. The Morgan fingerprint density at radius 3 is 2.90 bits per heavy atom. The molecule has 1 atom stereocenters. The highest BCUT2D eigenvalue weighted by atomic mass is 16.5. The third-order valence-corrected chi connectivity index (χ3v) is 3.70. The van der Waals surface area contributed by atoms with Crippen molar-refractivity contribution in [2.45, 2.75) is 18.3 Å². The summed E-state index contributed by atoms with van der Waals surface area (Å²) in [5.74, 6) is -0.151. The predicted octanol–water partition coefficient (Wildman–Crippen LogP) is 1.84. The summed E-state index contributed by atoms with van der Waals surface area (Å²) in [6.45, 7) is 1.80. The Labute approximate surface area is 118 Å². The van der Waals surface area contributed by atoms with E-state index in [1.165, 1.54) is 0 Å². The smallest absolute Gasteiger partial charge is 0.314 e. The van der Waals surface area contributed by atoms with E-state index < -0.39 is 11.4 Å². The Morgan fingerprint density at radius 2 is 2.15 bits per heavy atom. The molecule has 0 aliphatic carbocycles. The maximum Gasteiger partial charge on any atom is 0.314 e. The van der Waals surface area contributed by atoms with Gasteiger partial charge >= 0.3 is 5.97 Å². The molecule has 1 aromatic rings. The maximum absolute atomic E-state index is 11.8. The van der Waals surface area contributed by atoms with E-state index in [0.717, 1.165) is 5.56 Å². The summed E-state index contributed by atoms with van der Waals surface area (Å²) in [4.78, 5) is 11.8. The highest BCUT2D eigenvalue weighted by molar-refractivity contribution is 5.83. The number of methoxy groups -OCH3 is 1. The number of carboxylic acids is 1. The van der Waals surface area contributed by atoms with E-state index in [0.29, 0.717) is 45.0 Å². The molecule has 0 amide bonds. The standard InChI is InChI=1S/C15H20O5/c1-18-10-11-19-8-6-15(14(16)17)7-9-20-13-5-3-2-4-12(13)15/h2-5H,6-11H2,1H3,(H,16,17). The minimum atomic E-state index is -0.915. The van der Waals surface area contributed by atoms with E-state index in [1.807, 2.05) is 24.3 Å². The molecule has 0 spiro atoms. The lowest BCUT2D eigenvalue weighted by Gasteiger charge is -2.35. The molecule has 0 bridgehead atoms. The lowest BCUT2D eigenvalue weighted by molar-refractivity contribution is -0.146. The Kier molecular flexibility index (Phi) is 4.98. The Morgan fingerprint density at radius 1 is 1.35 bits per heavy atom. The summed E-state index contributed by atoms with van der Waals surface area (Å²) >= 11 is 0. The fourth-order valence-electron chi connectivity index (χ4n) is 2.54. The number of aliphatic carboxylic acids is 1. The molecule has 20 heavy (non-hydrogen) atoms. The summed E-state index contributed by atoms with van der Waals surface area (Å²) in [6.07, 6.45) is 0.902. The molecule has 0 aromatic heterocycles. The van der Waals surface area contributed by atoms with Gasteiger partial charge in [-0.25, -0.2) is 0 Å². The van der Waals surface area contributed by atoms with Gasteiger partial charge in [-0.1, -0.05) is 18.2 Å². The molecule has 110 valence electrons. The molecular formula is C15H20O5. The second kappa shape index (κ2) is 6.72. The van der Waals surface area contributed by atoms with Crippen molar-refractivity contribution in [1.29, 1.82) is 0 Å². The fourth-order valence-corrected chi connectivity index (χ4v) is 2.54. The van der Waals surface area contributed by atoms with Crippen LogP contribution in [0.15, 0.2) is 24.3 Å². The van der Waals surface area contributed by atoms with Crippen molar-refractivity contribution in [1.82, 2.24) is 0 Å². The van der Waals surface area contributed by atoms with Gasteiger partial charge in [0.2, 0.25) is 0 Å². The van der Waals surface area contributed by atoms with Crippen LogP contribution in [0.5, 0.6) is 5.75 Å². The van der Waals surface area contributed by atoms with Crippen molar-refractivity contribution in [2.24, 2.45) is 0 Å². The number of benzene rings is 1. The van der Waals surface area contributed by atoms with Crippen molar-refractivity contribution < 1.29 is 24.1 Å². The quantitative estimate of drug-likeness (QED) is 0.772. The third kappa shape index (κ3) is 2.94. The van der Waals surface area contributed by atoms with Crippen molar-refractivity contribution in [3.05, 3.63) is 29.8 Å². The number of rotatable bonds is 7. The number of hydrogen-bond donors (Lipinski definition) is 1. The number of carbonyl (C=O) groups is 1. The van der Waals surface area contributed by atoms with Gasteiger partial charge in [0, 0.05) is 25.7 Å². The monoisotopic (exact) mass is 280 g/mol. The minimum absolute atomic E-state index is 0.393. The summed E-state index contributed by atoms with van der Waals surface area (Å²) in [5.41, 5.74) is -0.170. The maximum atomic E-state index is 11.8. The van der Waals surface area contributed by atoms with Gasteiger partial charge in [0.05, 0.1) is 19.8 Å². The molecule has 1 aliphatic heterocycles. The summed E-state index contributed by atoms with van der Waals surface area (Å²) in [6, 6.07) is 7.35. The zero-order valence-electron chi connectivity index (χ0n) is 11.6. The molecular weight excluding hydrogens is 260 g/mol. The molecule has 1 aromatic carbocycles. The second-order valence-corrected chi connectivity index (χ2v) is 4.84. The van der Waals surface area contributed by atoms with Crippen LogP contribution in [0.25, 0.3) is 0 Å². The van der Waals surface area contributed by atoms with Gasteiger partial charge in [0.25, 0.3) is 0 Å². The third-order valence-electron chi connectivity index (χ3n) is 3.70. The van der Waals surface area contributed by atoms with E-state index in [-0.39, 0.29) is 0 Å². The average Bonchev–Trinajstić information content (AvgIpc) is 2.47. The second-order valence-electron chi connectivity index (χ2n) is 4.84. The fraction of sp³-hybridized carbons (Fsp3) is 0.533. The molecule has 5 nitrogen and oxygen atoms in total. The number of hydrogen-bond acceptors (Lipinski definition) is 4. The molecule has 5 heteroatoms. The molecule has 0 fully saturated rings. The first-order chi connectivity index (χ1) is 9.70. The topological polar surface area (TPSA) is 65.0 Å². The number of ether oxygens (including phenoxy) is 3. The van der Waals surface area contributed by atoms with Gasteiger partial charge in [-0.2, -0.15) is 0 Å². The predicted molar refractivity (Wildman–Crippen MR) is 73.2 cm³/mol. The van der Waals surface area contributed by atoms with E-state index in [9.17, 15) is 9.90 Å². The summed E-state index contributed by atoms with van der Waals surface area (Å²) in [5, 5.41) is 9.70. The first-order valence-corrected chi connectivity index (χ1v) is 6.73. The van der Waals surface area contributed by atoms with Gasteiger partial charge in [0.1, 0.15) is 11.2 Å². The van der Waals surface area contributed by atoms with Crippen LogP contribution >= 0.6 is 0 Å². The zero-order valence-corrected chi connectivity index (χ0v) is 11.6. The Bertz CT molecular complexity index is 459. The molecule has 1 aliphatic rings. The van der Waals surface area contributed by atoms with E-state index in [1.54, 1.807) is 7.11 Å². The van der Waals surface area contributed by atoms with Crippen molar-refractivity contribution >= 4 is 5.97 Å². The first kappa shape index (κ1) is 14.8. The summed E-state index contributed by atoms with van der Waals surface area (Å²) in [7, 11) is 1.61. The van der Waals surface area contributed by atoms with Crippen LogP contribution in [0, 0.1) is 0 Å². The molecule has 0 saturated heterocycles. The van der Waals surface area contributed by atoms with Crippen LogP contribution in [0.1, 0.15) is 18.4 Å². The number of para-hydroxylation sites is 1. The largest absolute Gasteiger partial charge is 0.493 e. The lowest BCUT2D eigenvalue weighted by Crippen LogP contribution is -2.41. The van der Waals surface area contributed by atoms with Gasteiger partial charge in [-0.15, -0.1) is 0 Å². The highest BCUT2D eigenvalue weighted by Gasteiger charge is 2.44. The number of carboxylic acid groups (broad SMARTS) is 1. The van der Waals surface area contributed by atoms with Crippen molar-refractivity contribution in [3.63, 3.8) is 0 Å². The average molecular weight is 280 g/mol. The number of fused-ring (bicyclic) bond motifs is 1. The van der Waals surface area contributed by atoms with Gasteiger partial charge in [-0.3, -0.25) is 4.79 Å². The SMILES string of the molecule is COCCOCCC1(C(=O)O)CCOc2ccccc21. The van der Waals surface area contributed by atoms with E-state index in [2.05, 4.69) is 0 Å². The van der Waals surface area contributed by atoms with Crippen LogP contribution < -0.4 is 4.74 Å². The lowest BCUT2D eigenvalue weighted by atomic mass is 9.73. The van der Waals surface area contributed by atoms with E-state index >= 15 is 0 Å². The van der Waals surface area contributed by atoms with Crippen molar-refractivity contribution in [2.75, 3.05) is 33.5 Å². The van der Waals surface area contributed by atoms with Crippen LogP contribution in [-0.4, -0.2) is 44.6 Å². The molecule has 0 radical (unpaired) electrons. The summed E-state index contributed by atoms with van der Waals surface area (Å²) < 4.78 is 15.9.